The molecule has 5 aromatic rings. The maximum absolute atomic E-state index is 13.6. The Labute approximate surface area is 452 Å². The number of piperidine rings is 2. The number of hydrogen-bond acceptors (Lipinski definition) is 17. The van der Waals surface area contributed by atoms with E-state index in [2.05, 4.69) is 20.2 Å². The first kappa shape index (κ1) is 55.2. The molecule has 9 rings (SSSR count). The fraction of sp³-hybridized carbons (Fsp3) is 0.491. The van der Waals surface area contributed by atoms with Gasteiger partial charge in [-0.25, -0.2) is 14.6 Å². The van der Waals surface area contributed by atoms with Gasteiger partial charge in [-0.15, -0.1) is 11.8 Å². The quantitative estimate of drug-likeness (QED) is 0.0416. The van der Waals surface area contributed by atoms with E-state index in [0.29, 0.717) is 145 Å². The Morgan fingerprint density at radius 1 is 0.727 bits per heavy atom. The van der Waals surface area contributed by atoms with Crippen molar-refractivity contribution in [2.24, 2.45) is 0 Å². The molecule has 4 aliphatic heterocycles. The number of nitrogens with zero attached hydrogens (tertiary/aromatic N) is 8. The third-order valence-electron chi connectivity index (χ3n) is 14.0. The van der Waals surface area contributed by atoms with Crippen molar-refractivity contribution in [3.63, 3.8) is 0 Å². The van der Waals surface area contributed by atoms with Crippen LogP contribution < -0.4 is 15.8 Å². The molecule has 22 heteroatoms. The van der Waals surface area contributed by atoms with Gasteiger partial charge in [-0.1, -0.05) is 24.3 Å². The Hall–Kier alpha value is -6.53. The second-order valence-corrected chi connectivity index (χ2v) is 20.3. The molecule has 0 radical (unpaired) electrons. The number of carbonyl (C=O) groups is 5. The van der Waals surface area contributed by atoms with Gasteiger partial charge in [0.1, 0.15) is 42.0 Å². The van der Waals surface area contributed by atoms with E-state index in [0.717, 1.165) is 60.7 Å². The van der Waals surface area contributed by atoms with Crippen molar-refractivity contribution >= 4 is 58.1 Å². The number of para-hydroxylation sites is 1. The van der Waals surface area contributed by atoms with Crippen molar-refractivity contribution in [2.45, 2.75) is 62.0 Å². The largest absolute Gasteiger partial charge is 0.457 e. The lowest BCUT2D eigenvalue weighted by Crippen LogP contribution is -2.52. The number of ether oxygens (including phenoxy) is 6. The van der Waals surface area contributed by atoms with Crippen LogP contribution in [0.25, 0.3) is 22.3 Å². The van der Waals surface area contributed by atoms with E-state index in [4.69, 9.17) is 39.3 Å². The summed E-state index contributed by atoms with van der Waals surface area (Å²) in [6.07, 6.45) is 4.91. The first-order valence-corrected chi connectivity index (χ1v) is 27.6. The molecule has 2 aromatic heterocycles. The highest BCUT2D eigenvalue weighted by Gasteiger charge is 2.40. The lowest BCUT2D eigenvalue weighted by molar-refractivity contribution is -0.139. The number of carbonyl (C=O) groups excluding carboxylic acids is 5. The number of hydrogen-bond donors (Lipinski definition) is 2. The summed E-state index contributed by atoms with van der Waals surface area (Å²) in [5.41, 5.74) is 10.1. The van der Waals surface area contributed by atoms with Crippen LogP contribution in [0.1, 0.15) is 60.5 Å². The highest BCUT2D eigenvalue weighted by molar-refractivity contribution is 7.99. The number of nitrogens with two attached hydrogens (primary N) is 1. The number of nitrogen functional groups attached to an aromatic ring is 1. The highest BCUT2D eigenvalue weighted by Crippen LogP contribution is 2.36. The number of benzene rings is 3. The summed E-state index contributed by atoms with van der Waals surface area (Å²) < 4.78 is 36.1. The fourth-order valence-electron chi connectivity index (χ4n) is 10.0. The van der Waals surface area contributed by atoms with E-state index in [1.807, 2.05) is 81.2 Å². The molecule has 0 saturated carbocycles. The minimum atomic E-state index is -0.636. The first-order valence-electron chi connectivity index (χ1n) is 26.6. The predicted molar refractivity (Wildman–Crippen MR) is 286 cm³/mol. The van der Waals surface area contributed by atoms with Gasteiger partial charge in [0.15, 0.2) is 5.65 Å². The van der Waals surface area contributed by atoms with Gasteiger partial charge in [-0.3, -0.25) is 34.2 Å². The van der Waals surface area contributed by atoms with E-state index in [9.17, 15) is 24.0 Å². The average Bonchev–Trinajstić information content (AvgIpc) is 4.17. The van der Waals surface area contributed by atoms with Gasteiger partial charge in [-0.2, -0.15) is 5.10 Å². The Bertz CT molecular complexity index is 2800. The zero-order chi connectivity index (χ0) is 53.3. The summed E-state index contributed by atoms with van der Waals surface area (Å²) in [4.78, 5) is 81.0. The first-order chi connectivity index (χ1) is 37.7. The lowest BCUT2D eigenvalue weighted by Gasteiger charge is -2.35. The van der Waals surface area contributed by atoms with Crippen molar-refractivity contribution in [2.75, 3.05) is 123 Å². The molecule has 0 spiro atoms. The standard InChI is InChI=1S/C55H68N10O11S/c56-52-50-51(39-13-15-42(16-14-39)76-41-8-2-1-3-9-41)60-65(53(50)58-38-57-52)40-7-5-20-63(35-40)48(67)12-6-19-61-21-23-62(24-22-61)49(68)37-75-32-31-73-28-27-71-25-26-72-29-30-74-33-34-77-46-11-4-10-43-44(46)36-64(55(43)70)45-17-18-47(66)59-54(45)69/h1-4,8-11,13-16,38,40,45H,5-7,12,17-37H2,(H2,56,57,58)(H,59,66,69)/t40-,45?/m1/s1. The summed E-state index contributed by atoms with van der Waals surface area (Å²) in [7, 11) is 0. The number of likely N-dealkylation sites (tertiary alicyclic amines) is 1. The topological polar surface area (TPSA) is 235 Å². The van der Waals surface area contributed by atoms with E-state index >= 15 is 0 Å². The number of fused-ring (bicyclic) bond motifs is 2. The molecule has 1 unspecified atom stereocenters. The smallest absolute Gasteiger partial charge is 0.255 e. The van der Waals surface area contributed by atoms with Gasteiger partial charge in [0, 0.05) is 80.4 Å². The zero-order valence-corrected chi connectivity index (χ0v) is 44.2. The van der Waals surface area contributed by atoms with Crippen molar-refractivity contribution in [1.82, 2.24) is 44.7 Å². The van der Waals surface area contributed by atoms with Crippen LogP contribution in [0.4, 0.5) is 5.82 Å². The molecule has 0 bridgehead atoms. The summed E-state index contributed by atoms with van der Waals surface area (Å²) in [6, 6.07) is 22.2. The van der Waals surface area contributed by atoms with Gasteiger partial charge in [0.2, 0.25) is 23.6 Å². The van der Waals surface area contributed by atoms with Crippen LogP contribution in [0.2, 0.25) is 0 Å². The zero-order valence-electron chi connectivity index (χ0n) is 43.4. The Morgan fingerprint density at radius 3 is 2.16 bits per heavy atom. The molecule has 3 saturated heterocycles. The Balaban J connectivity index is 0.570. The van der Waals surface area contributed by atoms with Gasteiger partial charge in [0.25, 0.3) is 5.91 Å². The number of piperazine rings is 1. The van der Waals surface area contributed by atoms with E-state index < -0.39 is 11.9 Å². The predicted octanol–water partition coefficient (Wildman–Crippen LogP) is 4.59. The third kappa shape index (κ3) is 14.7. The minimum absolute atomic E-state index is 0.00275. The monoisotopic (exact) mass is 1080 g/mol. The number of nitrogens with one attached hydrogen (secondary N) is 1. The second-order valence-electron chi connectivity index (χ2n) is 19.2. The molecular weight excluding hydrogens is 1010 g/mol. The Morgan fingerprint density at radius 2 is 1.43 bits per heavy atom. The molecule has 0 aliphatic carbocycles. The Kier molecular flexibility index (Phi) is 19.9. The molecule has 21 nitrogen and oxygen atoms in total. The number of anilines is 1. The van der Waals surface area contributed by atoms with E-state index in [1.54, 1.807) is 22.7 Å². The number of amides is 5. The van der Waals surface area contributed by atoms with Gasteiger partial charge >= 0.3 is 0 Å². The fourth-order valence-corrected chi connectivity index (χ4v) is 10.9. The molecule has 3 fully saturated rings. The SMILES string of the molecule is Nc1ncnc2c1c(-c1ccc(Oc3ccccc3)cc1)nn2[C@@H]1CCCN(C(=O)CCCN2CCN(C(=O)COCCOCCOCCOCCOCCSc3cccc4c3CN(C3CCC(=O)NC3=O)C4=O)CC2)C1. The molecule has 6 heterocycles. The normalized spacial score (nSPS) is 18.0. The number of imide groups is 1. The average molecular weight is 1080 g/mol. The molecule has 4 aliphatic rings. The van der Waals surface area contributed by atoms with Crippen molar-refractivity contribution < 1.29 is 52.4 Å². The number of rotatable bonds is 27. The molecule has 5 amide bonds. The van der Waals surface area contributed by atoms with E-state index in [1.165, 1.54) is 6.33 Å². The molecule has 3 N–H and O–H groups in total. The van der Waals surface area contributed by atoms with Crippen LogP contribution in [-0.4, -0.2) is 193 Å². The van der Waals surface area contributed by atoms with Crippen LogP contribution in [0.5, 0.6) is 11.5 Å². The van der Waals surface area contributed by atoms with Crippen LogP contribution in [0.15, 0.2) is 84.0 Å². The van der Waals surface area contributed by atoms with Crippen LogP contribution in [0.3, 0.4) is 0 Å². The molecular formula is C55H68N10O11S. The molecule has 3 aromatic carbocycles. The van der Waals surface area contributed by atoms with Crippen molar-refractivity contribution in [3.8, 4) is 22.8 Å². The van der Waals surface area contributed by atoms with Crippen LogP contribution in [-0.2, 0) is 49.4 Å². The maximum atomic E-state index is 13.6. The number of thioether (sulfide) groups is 1. The van der Waals surface area contributed by atoms with Crippen molar-refractivity contribution in [1.29, 1.82) is 0 Å². The van der Waals surface area contributed by atoms with Gasteiger partial charge in [-0.05, 0) is 86.3 Å². The summed E-state index contributed by atoms with van der Waals surface area (Å²) in [5.74, 6) is 1.69. The highest BCUT2D eigenvalue weighted by atomic mass is 32.2. The van der Waals surface area contributed by atoms with E-state index in [-0.39, 0.29) is 42.7 Å². The minimum Gasteiger partial charge on any atom is -0.457 e. The lowest BCUT2D eigenvalue weighted by atomic mass is 10.0. The summed E-state index contributed by atoms with van der Waals surface area (Å²) in [6.45, 7) is 8.80. The molecule has 2 atom stereocenters. The third-order valence-corrected chi connectivity index (χ3v) is 15.1. The maximum Gasteiger partial charge on any atom is 0.255 e. The van der Waals surface area contributed by atoms with Crippen LogP contribution in [0, 0.1) is 0 Å². The van der Waals surface area contributed by atoms with Gasteiger partial charge < -0.3 is 48.9 Å². The van der Waals surface area contributed by atoms with Crippen LogP contribution >= 0.6 is 11.8 Å². The molecule has 410 valence electrons. The van der Waals surface area contributed by atoms with Gasteiger partial charge in [0.05, 0.1) is 70.9 Å². The number of aromatic nitrogens is 4. The summed E-state index contributed by atoms with van der Waals surface area (Å²) in [5, 5.41) is 8.08. The van der Waals surface area contributed by atoms with Crippen molar-refractivity contribution in [3.05, 3.63) is 90.3 Å². The summed E-state index contributed by atoms with van der Waals surface area (Å²) >= 11 is 1.60. The second kappa shape index (κ2) is 27.7. The molecule has 77 heavy (non-hydrogen) atoms.